The zero-order valence-corrected chi connectivity index (χ0v) is 12.3. The van der Waals surface area contributed by atoms with Gasteiger partial charge < -0.3 is 20.6 Å². The van der Waals surface area contributed by atoms with Gasteiger partial charge in [0.05, 0.1) is 17.8 Å². The summed E-state index contributed by atoms with van der Waals surface area (Å²) in [6.45, 7) is 3.95. The second-order valence-corrected chi connectivity index (χ2v) is 5.04. The van der Waals surface area contributed by atoms with Crippen LogP contribution in [0, 0.1) is 0 Å². The summed E-state index contributed by atoms with van der Waals surface area (Å²) >= 11 is 0. The van der Waals surface area contributed by atoms with E-state index in [1.807, 2.05) is 13.8 Å². The maximum Gasteiger partial charge on any atom is 0.337 e. The van der Waals surface area contributed by atoms with Gasteiger partial charge in [-0.25, -0.2) is 4.79 Å². The fourth-order valence-electron chi connectivity index (χ4n) is 1.75. The smallest absolute Gasteiger partial charge is 0.337 e. The topological polar surface area (TPSA) is 86.9 Å². The summed E-state index contributed by atoms with van der Waals surface area (Å²) in [6.07, 6.45) is 0. The van der Waals surface area contributed by atoms with Gasteiger partial charge in [0.15, 0.2) is 0 Å². The van der Waals surface area contributed by atoms with Gasteiger partial charge in [-0.3, -0.25) is 4.79 Å². The average molecular weight is 279 g/mol. The number of anilines is 2. The molecule has 0 atom stereocenters. The van der Waals surface area contributed by atoms with Gasteiger partial charge in [-0.2, -0.15) is 0 Å². The Hall–Kier alpha value is -2.24. The number of aromatic carboxylic acids is 1. The normalized spacial score (nSPS) is 10.4. The molecule has 1 rings (SSSR count). The summed E-state index contributed by atoms with van der Waals surface area (Å²) in [5.74, 6) is -1.14. The first-order valence-electron chi connectivity index (χ1n) is 6.33. The van der Waals surface area contributed by atoms with Crippen LogP contribution in [0.4, 0.5) is 11.4 Å². The molecular weight excluding hydrogens is 258 g/mol. The number of carboxylic acids is 1. The molecular formula is C14H21N3O3. The standard InChI is InChI=1S/C14H21N3O3/c1-9(2)17(4)13(18)8-16(3)12-6-5-10(15)7-11(12)14(19)20/h5-7,9H,8,15H2,1-4H3,(H,19,20). The maximum atomic E-state index is 12.0. The van der Waals surface area contributed by atoms with Gasteiger partial charge in [0, 0.05) is 25.8 Å². The van der Waals surface area contributed by atoms with Crippen LogP contribution in [0.2, 0.25) is 0 Å². The Morgan fingerprint density at radius 1 is 1.30 bits per heavy atom. The number of rotatable bonds is 5. The van der Waals surface area contributed by atoms with Gasteiger partial charge in [-0.1, -0.05) is 0 Å². The second kappa shape index (κ2) is 6.27. The molecule has 6 heteroatoms. The Balaban J connectivity index is 2.95. The number of hydrogen-bond donors (Lipinski definition) is 2. The number of nitrogen functional groups attached to an aromatic ring is 1. The summed E-state index contributed by atoms with van der Waals surface area (Å²) in [6, 6.07) is 4.72. The lowest BCUT2D eigenvalue weighted by Gasteiger charge is -2.26. The van der Waals surface area contributed by atoms with Gasteiger partial charge in [0.25, 0.3) is 0 Å². The van der Waals surface area contributed by atoms with E-state index in [-0.39, 0.29) is 24.1 Å². The highest BCUT2D eigenvalue weighted by Crippen LogP contribution is 2.22. The number of carboxylic acid groups (broad SMARTS) is 1. The number of carbonyl (C=O) groups is 2. The van der Waals surface area contributed by atoms with Gasteiger partial charge in [-0.15, -0.1) is 0 Å². The lowest BCUT2D eigenvalue weighted by molar-refractivity contribution is -0.129. The Labute approximate surface area is 118 Å². The van der Waals surface area contributed by atoms with Crippen molar-refractivity contribution < 1.29 is 14.7 Å². The predicted octanol–water partition coefficient (Wildman–Crippen LogP) is 1.27. The van der Waals surface area contributed by atoms with Crippen LogP contribution in [0.3, 0.4) is 0 Å². The van der Waals surface area contributed by atoms with Gasteiger partial charge in [0.2, 0.25) is 5.91 Å². The van der Waals surface area contributed by atoms with Crippen LogP contribution in [0.25, 0.3) is 0 Å². The molecule has 0 bridgehead atoms. The van der Waals surface area contributed by atoms with Gasteiger partial charge in [-0.05, 0) is 32.0 Å². The molecule has 0 unspecified atom stereocenters. The third kappa shape index (κ3) is 3.63. The monoisotopic (exact) mass is 279 g/mol. The number of likely N-dealkylation sites (N-methyl/N-ethyl adjacent to an activating group) is 2. The minimum absolute atomic E-state index is 0.0735. The minimum atomic E-state index is -1.07. The average Bonchev–Trinajstić information content (AvgIpc) is 2.37. The minimum Gasteiger partial charge on any atom is -0.478 e. The molecule has 0 aromatic heterocycles. The van der Waals surface area contributed by atoms with Crippen LogP contribution in [-0.4, -0.2) is 48.6 Å². The first-order chi connectivity index (χ1) is 9.23. The summed E-state index contributed by atoms with van der Waals surface area (Å²) < 4.78 is 0. The number of nitrogens with zero attached hydrogens (tertiary/aromatic N) is 2. The second-order valence-electron chi connectivity index (χ2n) is 5.04. The lowest BCUT2D eigenvalue weighted by atomic mass is 10.1. The van der Waals surface area contributed by atoms with Crippen LogP contribution in [0.1, 0.15) is 24.2 Å². The van der Waals surface area contributed by atoms with E-state index in [4.69, 9.17) is 5.73 Å². The zero-order chi connectivity index (χ0) is 15.4. The molecule has 0 heterocycles. The van der Waals surface area contributed by atoms with Crippen molar-refractivity contribution in [2.75, 3.05) is 31.3 Å². The van der Waals surface area contributed by atoms with E-state index < -0.39 is 5.97 Å². The lowest BCUT2D eigenvalue weighted by Crippen LogP contribution is -2.40. The summed E-state index contributed by atoms with van der Waals surface area (Å²) in [5, 5.41) is 9.19. The third-order valence-electron chi connectivity index (χ3n) is 3.20. The largest absolute Gasteiger partial charge is 0.478 e. The van der Waals surface area contributed by atoms with Crippen molar-refractivity contribution in [3.05, 3.63) is 23.8 Å². The number of carbonyl (C=O) groups excluding carboxylic acids is 1. The molecule has 0 aliphatic rings. The Kier molecular flexibility index (Phi) is 4.96. The van der Waals surface area contributed by atoms with Crippen LogP contribution in [0.15, 0.2) is 18.2 Å². The summed E-state index contributed by atoms with van der Waals surface area (Å²) in [7, 11) is 3.41. The Morgan fingerprint density at radius 3 is 2.40 bits per heavy atom. The number of amides is 1. The van der Waals surface area contributed by atoms with E-state index in [2.05, 4.69) is 0 Å². The van der Waals surface area contributed by atoms with E-state index in [1.165, 1.54) is 6.07 Å². The number of hydrogen-bond acceptors (Lipinski definition) is 4. The van der Waals surface area contributed by atoms with E-state index >= 15 is 0 Å². The molecule has 0 aliphatic carbocycles. The predicted molar refractivity (Wildman–Crippen MR) is 79.0 cm³/mol. The van der Waals surface area contributed by atoms with E-state index in [0.717, 1.165) is 0 Å². The Bertz CT molecular complexity index is 514. The van der Waals surface area contributed by atoms with Crippen LogP contribution in [-0.2, 0) is 4.79 Å². The van der Waals surface area contributed by atoms with Gasteiger partial charge in [0.1, 0.15) is 0 Å². The zero-order valence-electron chi connectivity index (χ0n) is 12.3. The fraction of sp³-hybridized carbons (Fsp3) is 0.429. The molecule has 0 saturated heterocycles. The molecule has 6 nitrogen and oxygen atoms in total. The molecule has 3 N–H and O–H groups in total. The molecule has 0 fully saturated rings. The highest BCUT2D eigenvalue weighted by molar-refractivity contribution is 5.96. The Morgan fingerprint density at radius 2 is 1.90 bits per heavy atom. The molecule has 1 aromatic rings. The highest BCUT2D eigenvalue weighted by Gasteiger charge is 2.18. The van der Waals surface area contributed by atoms with Crippen LogP contribution in [0.5, 0.6) is 0 Å². The number of benzene rings is 1. The molecule has 0 radical (unpaired) electrons. The van der Waals surface area contributed by atoms with Crippen molar-refractivity contribution in [2.45, 2.75) is 19.9 Å². The summed E-state index contributed by atoms with van der Waals surface area (Å²) in [4.78, 5) is 26.5. The van der Waals surface area contributed by atoms with E-state index in [0.29, 0.717) is 11.4 Å². The van der Waals surface area contributed by atoms with Crippen molar-refractivity contribution in [2.24, 2.45) is 0 Å². The first kappa shape index (κ1) is 15.8. The molecule has 20 heavy (non-hydrogen) atoms. The van der Waals surface area contributed by atoms with Crippen LogP contribution < -0.4 is 10.6 Å². The molecule has 110 valence electrons. The fourth-order valence-corrected chi connectivity index (χ4v) is 1.75. The van der Waals surface area contributed by atoms with E-state index in [9.17, 15) is 14.7 Å². The summed E-state index contributed by atoms with van der Waals surface area (Å²) in [5.41, 5.74) is 6.54. The van der Waals surface area contributed by atoms with Crippen molar-refractivity contribution in [3.8, 4) is 0 Å². The highest BCUT2D eigenvalue weighted by atomic mass is 16.4. The van der Waals surface area contributed by atoms with Crippen molar-refractivity contribution in [1.82, 2.24) is 4.90 Å². The van der Waals surface area contributed by atoms with Gasteiger partial charge >= 0.3 is 5.97 Å². The quantitative estimate of drug-likeness (QED) is 0.793. The molecule has 1 aromatic carbocycles. The SMILES string of the molecule is CC(C)N(C)C(=O)CN(C)c1ccc(N)cc1C(=O)O. The van der Waals surface area contributed by atoms with Crippen molar-refractivity contribution in [1.29, 1.82) is 0 Å². The molecule has 0 saturated carbocycles. The third-order valence-corrected chi connectivity index (χ3v) is 3.20. The van der Waals surface area contributed by atoms with E-state index in [1.54, 1.807) is 36.0 Å². The van der Waals surface area contributed by atoms with Crippen molar-refractivity contribution in [3.63, 3.8) is 0 Å². The first-order valence-corrected chi connectivity index (χ1v) is 6.33. The maximum absolute atomic E-state index is 12.0. The molecule has 1 amide bonds. The molecule has 0 aliphatic heterocycles. The number of nitrogens with two attached hydrogens (primary N) is 1. The van der Waals surface area contributed by atoms with Crippen LogP contribution >= 0.6 is 0 Å². The van der Waals surface area contributed by atoms with Crippen molar-refractivity contribution >= 4 is 23.3 Å². The molecule has 0 spiro atoms.